The van der Waals surface area contributed by atoms with Gasteiger partial charge in [-0.05, 0) is 37.1 Å². The number of hydrogen-bond donors (Lipinski definition) is 5. The van der Waals surface area contributed by atoms with Crippen LogP contribution in [0, 0.1) is 0 Å². The zero-order valence-electron chi connectivity index (χ0n) is 16.5. The average molecular weight is 370 g/mol. The third-order valence-corrected chi connectivity index (χ3v) is 4.27. The molecule has 1 aromatic carbocycles. The topological polar surface area (TPSA) is 116 Å². The zero-order chi connectivity index (χ0) is 19.8. The number of anilines is 2. The number of nitrogens with two attached hydrogens (primary N) is 2. The highest BCUT2D eigenvalue weighted by atomic mass is 16.3. The molecular weight excluding hydrogens is 330 g/mol. The Kier molecular flexibility index (Phi) is 14.0. The lowest BCUT2D eigenvalue weighted by Gasteiger charge is -2.25. The fourth-order valence-corrected chi connectivity index (χ4v) is 2.31. The fourth-order valence-electron chi connectivity index (χ4n) is 2.31. The first-order chi connectivity index (χ1) is 12.5. The SMILES string of the molecule is CCCCCN(CCCCC)c1ccc(N)cc1.NC(CO)(CO)CO. The summed E-state index contributed by atoms with van der Waals surface area (Å²) in [6.07, 6.45) is 7.77. The highest BCUT2D eigenvalue weighted by Crippen LogP contribution is 2.18. The number of nitrogen functional groups attached to an aromatic ring is 1. The molecule has 0 unspecified atom stereocenters. The van der Waals surface area contributed by atoms with Gasteiger partial charge in [0.1, 0.15) is 0 Å². The van der Waals surface area contributed by atoms with Crippen LogP contribution in [0.2, 0.25) is 0 Å². The molecule has 1 aromatic rings. The summed E-state index contributed by atoms with van der Waals surface area (Å²) in [5, 5.41) is 25.0. The van der Waals surface area contributed by atoms with Crippen molar-refractivity contribution < 1.29 is 15.3 Å². The van der Waals surface area contributed by atoms with Crippen LogP contribution in [0.1, 0.15) is 52.4 Å². The van der Waals surface area contributed by atoms with E-state index in [0.29, 0.717) is 0 Å². The van der Waals surface area contributed by atoms with Crippen molar-refractivity contribution in [1.29, 1.82) is 0 Å². The highest BCUT2D eigenvalue weighted by Gasteiger charge is 2.20. The van der Waals surface area contributed by atoms with Crippen LogP contribution in [0.4, 0.5) is 11.4 Å². The summed E-state index contributed by atoms with van der Waals surface area (Å²) >= 11 is 0. The van der Waals surface area contributed by atoms with Gasteiger partial charge in [-0.15, -0.1) is 0 Å². The molecule has 0 radical (unpaired) electrons. The largest absolute Gasteiger partial charge is 0.399 e. The van der Waals surface area contributed by atoms with E-state index in [2.05, 4.69) is 30.9 Å². The van der Waals surface area contributed by atoms with Gasteiger partial charge >= 0.3 is 0 Å². The molecule has 0 aliphatic carbocycles. The third kappa shape index (κ3) is 10.6. The molecule has 0 spiro atoms. The van der Waals surface area contributed by atoms with Crippen molar-refractivity contribution in [3.05, 3.63) is 24.3 Å². The molecule has 0 bridgehead atoms. The van der Waals surface area contributed by atoms with Crippen LogP contribution in [0.3, 0.4) is 0 Å². The molecule has 0 saturated carbocycles. The Morgan fingerprint density at radius 1 is 0.808 bits per heavy atom. The van der Waals surface area contributed by atoms with E-state index < -0.39 is 25.4 Å². The van der Waals surface area contributed by atoms with Crippen LogP contribution >= 0.6 is 0 Å². The molecule has 6 heteroatoms. The smallest absolute Gasteiger partial charge is 0.0856 e. The van der Waals surface area contributed by atoms with E-state index in [9.17, 15) is 0 Å². The number of aliphatic hydroxyl groups is 3. The van der Waals surface area contributed by atoms with E-state index in [4.69, 9.17) is 26.8 Å². The molecule has 1 rings (SSSR count). The normalized spacial score (nSPS) is 11.0. The molecule has 0 aliphatic rings. The monoisotopic (exact) mass is 369 g/mol. The minimum absolute atomic E-state index is 0.403. The van der Waals surface area contributed by atoms with Gasteiger partial charge in [-0.25, -0.2) is 0 Å². The Balaban J connectivity index is 0.000000660. The van der Waals surface area contributed by atoms with Crippen molar-refractivity contribution in [2.24, 2.45) is 5.73 Å². The van der Waals surface area contributed by atoms with Crippen molar-refractivity contribution in [2.75, 3.05) is 43.5 Å². The summed E-state index contributed by atoms with van der Waals surface area (Å²) in [4.78, 5) is 2.50. The summed E-state index contributed by atoms with van der Waals surface area (Å²) in [6.45, 7) is 5.64. The quantitative estimate of drug-likeness (QED) is 0.285. The zero-order valence-corrected chi connectivity index (χ0v) is 16.5. The first-order valence-corrected chi connectivity index (χ1v) is 9.68. The number of rotatable bonds is 12. The van der Waals surface area contributed by atoms with Gasteiger partial charge in [-0.1, -0.05) is 39.5 Å². The standard InChI is InChI=1S/C16H28N2.C4H11NO3/c1-3-5-7-13-18(14-8-6-4-2)16-11-9-15(17)10-12-16;5-4(1-6,2-7)3-8/h9-12H,3-8,13-14,17H2,1-2H3;6-8H,1-3,5H2. The second-order valence-electron chi connectivity index (χ2n) is 6.83. The summed E-state index contributed by atoms with van der Waals surface area (Å²) in [7, 11) is 0. The molecule has 152 valence electrons. The number of nitrogens with zero attached hydrogens (tertiary/aromatic N) is 1. The van der Waals surface area contributed by atoms with Crippen LogP contribution in [0.5, 0.6) is 0 Å². The molecule has 0 aliphatic heterocycles. The van der Waals surface area contributed by atoms with Gasteiger partial charge in [0.15, 0.2) is 0 Å². The van der Waals surface area contributed by atoms with E-state index in [1.165, 1.54) is 57.3 Å². The van der Waals surface area contributed by atoms with Crippen molar-refractivity contribution in [3.8, 4) is 0 Å². The van der Waals surface area contributed by atoms with Gasteiger partial charge in [-0.3, -0.25) is 0 Å². The Morgan fingerprint density at radius 2 is 1.23 bits per heavy atom. The van der Waals surface area contributed by atoms with E-state index in [0.717, 1.165) is 5.69 Å². The van der Waals surface area contributed by atoms with Crippen LogP contribution < -0.4 is 16.4 Å². The van der Waals surface area contributed by atoms with Gasteiger partial charge in [-0.2, -0.15) is 0 Å². The van der Waals surface area contributed by atoms with Crippen molar-refractivity contribution in [2.45, 2.75) is 57.9 Å². The van der Waals surface area contributed by atoms with Gasteiger partial charge in [0.2, 0.25) is 0 Å². The first kappa shape index (κ1) is 24.7. The lowest BCUT2D eigenvalue weighted by Crippen LogP contribution is -2.50. The van der Waals surface area contributed by atoms with E-state index in [1.54, 1.807) is 0 Å². The molecule has 0 saturated heterocycles. The lowest BCUT2D eigenvalue weighted by atomic mass is 10.1. The summed E-state index contributed by atoms with van der Waals surface area (Å²) in [6, 6.07) is 8.30. The number of aliphatic hydroxyl groups excluding tert-OH is 3. The van der Waals surface area contributed by atoms with Crippen molar-refractivity contribution in [1.82, 2.24) is 0 Å². The van der Waals surface area contributed by atoms with Gasteiger partial charge in [0.25, 0.3) is 0 Å². The Morgan fingerprint density at radius 3 is 1.54 bits per heavy atom. The number of hydrogen-bond acceptors (Lipinski definition) is 6. The molecule has 7 N–H and O–H groups in total. The maximum absolute atomic E-state index is 8.34. The molecule has 0 amide bonds. The molecule has 26 heavy (non-hydrogen) atoms. The van der Waals surface area contributed by atoms with Gasteiger partial charge < -0.3 is 31.7 Å². The summed E-state index contributed by atoms with van der Waals surface area (Å²) < 4.78 is 0. The minimum Gasteiger partial charge on any atom is -0.399 e. The molecule has 0 heterocycles. The maximum atomic E-state index is 8.34. The molecule has 0 fully saturated rings. The van der Waals surface area contributed by atoms with E-state index in [1.807, 2.05) is 12.1 Å². The molecule has 0 atom stereocenters. The molecule has 0 aromatic heterocycles. The number of unbranched alkanes of at least 4 members (excludes halogenated alkanes) is 4. The van der Waals surface area contributed by atoms with E-state index >= 15 is 0 Å². The number of benzene rings is 1. The van der Waals surface area contributed by atoms with Crippen LogP contribution in [-0.4, -0.2) is 53.8 Å². The predicted octanol–water partition coefficient (Wildman–Crippen LogP) is 2.12. The Hall–Kier alpha value is -1.34. The van der Waals surface area contributed by atoms with Crippen LogP contribution in [0.25, 0.3) is 0 Å². The first-order valence-electron chi connectivity index (χ1n) is 9.68. The molecule has 6 nitrogen and oxygen atoms in total. The summed E-state index contributed by atoms with van der Waals surface area (Å²) in [5.41, 5.74) is 11.9. The average Bonchev–Trinajstić information content (AvgIpc) is 2.67. The fraction of sp³-hybridized carbons (Fsp3) is 0.700. The maximum Gasteiger partial charge on any atom is 0.0856 e. The van der Waals surface area contributed by atoms with Crippen molar-refractivity contribution >= 4 is 11.4 Å². The highest BCUT2D eigenvalue weighted by molar-refractivity contribution is 5.53. The Labute approximate surface area is 158 Å². The lowest BCUT2D eigenvalue weighted by molar-refractivity contribution is 0.0698. The van der Waals surface area contributed by atoms with Gasteiger partial charge in [0, 0.05) is 24.5 Å². The van der Waals surface area contributed by atoms with Crippen molar-refractivity contribution in [3.63, 3.8) is 0 Å². The third-order valence-electron chi connectivity index (χ3n) is 4.27. The van der Waals surface area contributed by atoms with Crippen LogP contribution in [-0.2, 0) is 0 Å². The van der Waals surface area contributed by atoms with Crippen LogP contribution in [0.15, 0.2) is 24.3 Å². The Bertz CT molecular complexity index is 418. The van der Waals surface area contributed by atoms with E-state index in [-0.39, 0.29) is 0 Å². The second kappa shape index (κ2) is 14.8. The minimum atomic E-state index is -1.21. The summed E-state index contributed by atoms with van der Waals surface area (Å²) in [5.74, 6) is 0. The van der Waals surface area contributed by atoms with Gasteiger partial charge in [0.05, 0.1) is 25.4 Å². The predicted molar refractivity (Wildman–Crippen MR) is 110 cm³/mol. The molecular formula is C20H39N3O3. The second-order valence-corrected chi connectivity index (χ2v) is 6.83.